The molecule has 0 spiro atoms. The molecule has 1 atom stereocenters. The molecule has 0 amide bonds. The summed E-state index contributed by atoms with van der Waals surface area (Å²) in [7, 11) is 1.66. The second-order valence-corrected chi connectivity index (χ2v) is 4.54. The second-order valence-electron chi connectivity index (χ2n) is 3.60. The average Bonchev–Trinajstić information content (AvgIpc) is 2.77. The third-order valence-corrected chi connectivity index (χ3v) is 3.43. The van der Waals surface area contributed by atoms with Crippen molar-refractivity contribution in [2.24, 2.45) is 5.73 Å². The number of hydrogen-bond donors (Lipinski definition) is 1. The average molecular weight is 234 g/mol. The Balaban J connectivity index is 2.24. The van der Waals surface area contributed by atoms with E-state index in [1.54, 1.807) is 18.4 Å². The van der Waals surface area contributed by atoms with Crippen LogP contribution in [-0.4, -0.2) is 12.1 Å². The van der Waals surface area contributed by atoms with E-state index in [-0.39, 0.29) is 6.04 Å². The molecule has 2 aromatic heterocycles. The smallest absolute Gasteiger partial charge is 0.129 e. The molecule has 0 aromatic carbocycles. The zero-order valence-corrected chi connectivity index (χ0v) is 10.1. The number of nitrogens with two attached hydrogens (primary N) is 1. The minimum absolute atomic E-state index is 0.123. The minimum Gasteiger partial charge on any atom is -0.496 e. The van der Waals surface area contributed by atoms with Crippen molar-refractivity contribution in [3.8, 4) is 5.75 Å². The summed E-state index contributed by atoms with van der Waals surface area (Å²) in [6, 6.07) is 5.83. The lowest BCUT2D eigenvalue weighted by Gasteiger charge is -2.09. The first-order chi connectivity index (χ1) is 7.70. The van der Waals surface area contributed by atoms with Crippen molar-refractivity contribution in [1.82, 2.24) is 4.98 Å². The predicted octanol–water partition coefficient (Wildman–Crippen LogP) is 2.51. The highest BCUT2D eigenvalue weighted by atomic mass is 32.1. The van der Waals surface area contributed by atoms with E-state index >= 15 is 0 Å². The van der Waals surface area contributed by atoms with Crippen LogP contribution in [-0.2, 0) is 0 Å². The summed E-state index contributed by atoms with van der Waals surface area (Å²) in [5, 5.41) is 1.96. The zero-order valence-electron chi connectivity index (χ0n) is 9.31. The van der Waals surface area contributed by atoms with Crippen LogP contribution in [0.1, 0.15) is 22.2 Å². The van der Waals surface area contributed by atoms with Crippen molar-refractivity contribution in [3.63, 3.8) is 0 Å². The van der Waals surface area contributed by atoms with Crippen LogP contribution in [0.4, 0.5) is 0 Å². The van der Waals surface area contributed by atoms with Crippen LogP contribution in [0.25, 0.3) is 0 Å². The minimum atomic E-state index is -0.123. The maximum Gasteiger partial charge on any atom is 0.129 e. The number of pyridine rings is 1. The summed E-state index contributed by atoms with van der Waals surface area (Å²) < 4.78 is 5.14. The van der Waals surface area contributed by atoms with E-state index in [0.29, 0.717) is 0 Å². The Kier molecular flexibility index (Phi) is 3.22. The number of aromatic nitrogens is 1. The van der Waals surface area contributed by atoms with E-state index in [0.717, 1.165) is 21.9 Å². The Morgan fingerprint density at radius 2 is 2.25 bits per heavy atom. The van der Waals surface area contributed by atoms with Gasteiger partial charge in [-0.05, 0) is 24.6 Å². The quantitative estimate of drug-likeness (QED) is 0.887. The van der Waals surface area contributed by atoms with Crippen molar-refractivity contribution < 1.29 is 4.74 Å². The molecule has 2 rings (SSSR count). The van der Waals surface area contributed by atoms with Crippen molar-refractivity contribution in [1.29, 1.82) is 0 Å². The van der Waals surface area contributed by atoms with Gasteiger partial charge in [0.2, 0.25) is 0 Å². The molecule has 0 saturated carbocycles. The molecule has 0 saturated heterocycles. The van der Waals surface area contributed by atoms with Gasteiger partial charge in [0.25, 0.3) is 0 Å². The van der Waals surface area contributed by atoms with Gasteiger partial charge >= 0.3 is 0 Å². The van der Waals surface area contributed by atoms with Gasteiger partial charge in [-0.25, -0.2) is 0 Å². The Morgan fingerprint density at radius 3 is 2.81 bits per heavy atom. The molecule has 0 radical (unpaired) electrons. The van der Waals surface area contributed by atoms with Crippen molar-refractivity contribution in [2.75, 3.05) is 7.11 Å². The normalized spacial score (nSPS) is 12.4. The molecule has 2 aromatic rings. The molecule has 0 aliphatic carbocycles. The molecule has 0 fully saturated rings. The van der Waals surface area contributed by atoms with Gasteiger partial charge in [0.1, 0.15) is 5.75 Å². The molecule has 3 nitrogen and oxygen atoms in total. The predicted molar refractivity (Wildman–Crippen MR) is 65.9 cm³/mol. The molecule has 0 bridgehead atoms. The standard InChI is InChI=1S/C12H14N2OS/c1-8-3-4-9(6-14-8)12(13)11-5-10(15-2)7-16-11/h3-7,12H,13H2,1-2H3. The van der Waals surface area contributed by atoms with E-state index in [1.807, 2.05) is 36.7 Å². The highest BCUT2D eigenvalue weighted by Gasteiger charge is 2.11. The van der Waals surface area contributed by atoms with E-state index in [1.165, 1.54) is 0 Å². The van der Waals surface area contributed by atoms with E-state index < -0.39 is 0 Å². The van der Waals surface area contributed by atoms with E-state index in [2.05, 4.69) is 4.98 Å². The van der Waals surface area contributed by atoms with E-state index in [9.17, 15) is 0 Å². The molecule has 1 unspecified atom stereocenters. The van der Waals surface area contributed by atoms with Gasteiger partial charge in [-0.15, -0.1) is 11.3 Å². The van der Waals surface area contributed by atoms with Crippen LogP contribution in [0, 0.1) is 6.92 Å². The highest BCUT2D eigenvalue weighted by Crippen LogP contribution is 2.29. The molecular formula is C12H14N2OS. The lowest BCUT2D eigenvalue weighted by Crippen LogP contribution is -2.10. The first-order valence-corrected chi connectivity index (χ1v) is 5.89. The van der Waals surface area contributed by atoms with Crippen LogP contribution in [0.15, 0.2) is 29.8 Å². The summed E-state index contributed by atoms with van der Waals surface area (Å²) in [6.07, 6.45) is 1.83. The van der Waals surface area contributed by atoms with Gasteiger partial charge in [-0.1, -0.05) is 6.07 Å². The molecule has 16 heavy (non-hydrogen) atoms. The monoisotopic (exact) mass is 234 g/mol. The number of nitrogens with zero attached hydrogens (tertiary/aromatic N) is 1. The summed E-state index contributed by atoms with van der Waals surface area (Å²) in [4.78, 5) is 5.33. The highest BCUT2D eigenvalue weighted by molar-refractivity contribution is 7.10. The maximum atomic E-state index is 6.15. The third kappa shape index (κ3) is 2.23. The fourth-order valence-corrected chi connectivity index (χ4v) is 2.32. The first-order valence-electron chi connectivity index (χ1n) is 5.01. The molecular weight excluding hydrogens is 220 g/mol. The number of rotatable bonds is 3. The molecule has 0 aliphatic rings. The van der Waals surface area contributed by atoms with Gasteiger partial charge in [-0.3, -0.25) is 4.98 Å². The first kappa shape index (κ1) is 11.1. The number of methoxy groups -OCH3 is 1. The van der Waals surface area contributed by atoms with Crippen LogP contribution < -0.4 is 10.5 Å². The summed E-state index contributed by atoms with van der Waals surface area (Å²) in [5.74, 6) is 0.857. The van der Waals surface area contributed by atoms with Gasteiger partial charge < -0.3 is 10.5 Å². The van der Waals surface area contributed by atoms with Crippen LogP contribution in [0.5, 0.6) is 5.75 Å². The third-order valence-electron chi connectivity index (χ3n) is 2.43. The molecule has 84 valence electrons. The Bertz CT molecular complexity index is 464. The summed E-state index contributed by atoms with van der Waals surface area (Å²) >= 11 is 1.60. The topological polar surface area (TPSA) is 48.1 Å². The van der Waals surface area contributed by atoms with E-state index in [4.69, 9.17) is 10.5 Å². The lowest BCUT2D eigenvalue weighted by atomic mass is 10.1. The number of ether oxygens (including phenoxy) is 1. The number of hydrogen-bond acceptors (Lipinski definition) is 4. The number of aryl methyl sites for hydroxylation is 1. The SMILES string of the molecule is COc1csc(C(N)c2ccc(C)nc2)c1. The Hall–Kier alpha value is -1.39. The van der Waals surface area contributed by atoms with Gasteiger partial charge in [-0.2, -0.15) is 0 Å². The Labute approximate surface area is 98.9 Å². The van der Waals surface area contributed by atoms with Crippen molar-refractivity contribution in [3.05, 3.63) is 45.9 Å². The van der Waals surface area contributed by atoms with Crippen LogP contribution in [0.3, 0.4) is 0 Å². The van der Waals surface area contributed by atoms with Crippen molar-refractivity contribution >= 4 is 11.3 Å². The fourth-order valence-electron chi connectivity index (χ4n) is 1.43. The van der Waals surface area contributed by atoms with Gasteiger partial charge in [0.15, 0.2) is 0 Å². The lowest BCUT2D eigenvalue weighted by molar-refractivity contribution is 0.416. The second kappa shape index (κ2) is 4.63. The van der Waals surface area contributed by atoms with Crippen LogP contribution in [0.2, 0.25) is 0 Å². The van der Waals surface area contributed by atoms with Crippen LogP contribution >= 0.6 is 11.3 Å². The molecule has 0 aliphatic heterocycles. The molecule has 4 heteroatoms. The summed E-state index contributed by atoms with van der Waals surface area (Å²) in [6.45, 7) is 1.96. The fraction of sp³-hybridized carbons (Fsp3) is 0.250. The number of thiophene rings is 1. The van der Waals surface area contributed by atoms with Gasteiger partial charge in [0, 0.05) is 22.1 Å². The largest absolute Gasteiger partial charge is 0.496 e. The molecule has 2 N–H and O–H groups in total. The maximum absolute atomic E-state index is 6.15. The Morgan fingerprint density at radius 1 is 1.44 bits per heavy atom. The zero-order chi connectivity index (χ0) is 11.5. The summed E-state index contributed by atoms with van der Waals surface area (Å²) in [5.41, 5.74) is 8.17. The van der Waals surface area contributed by atoms with Crippen molar-refractivity contribution in [2.45, 2.75) is 13.0 Å². The van der Waals surface area contributed by atoms with Gasteiger partial charge in [0.05, 0.1) is 13.2 Å². The molecule has 2 heterocycles.